The van der Waals surface area contributed by atoms with Crippen LogP contribution in [0.15, 0.2) is 0 Å². The van der Waals surface area contributed by atoms with Gasteiger partial charge in [-0.1, -0.05) is 19.8 Å². The van der Waals surface area contributed by atoms with Gasteiger partial charge in [0.1, 0.15) is 0 Å². The monoisotopic (exact) mass is 332 g/mol. The van der Waals surface area contributed by atoms with Gasteiger partial charge in [-0.2, -0.15) is 0 Å². The number of nitrogens with two attached hydrogens (primary N) is 1. The van der Waals surface area contributed by atoms with Crippen LogP contribution in [-0.4, -0.2) is 49.1 Å². The molecule has 0 spiro atoms. The number of carbonyl (C=O) groups excluding carboxylic acids is 2. The minimum Gasteiger partial charge on any atom is -0.352 e. The number of hydrogen-bond donors (Lipinski definition) is 3. The number of urea groups is 1. The molecule has 0 aromatic heterocycles. The fourth-order valence-corrected chi connectivity index (χ4v) is 3.40. The van der Waals surface area contributed by atoms with Crippen molar-refractivity contribution in [1.29, 1.82) is 0 Å². The molecule has 2 fully saturated rings. The molecule has 1 aliphatic carbocycles. The van der Waals surface area contributed by atoms with Gasteiger partial charge in [-0.05, 0) is 31.1 Å². The van der Waals surface area contributed by atoms with Crippen LogP contribution in [0.4, 0.5) is 4.79 Å². The van der Waals surface area contributed by atoms with Crippen molar-refractivity contribution in [3.8, 4) is 0 Å². The molecule has 0 unspecified atom stereocenters. The van der Waals surface area contributed by atoms with Crippen molar-refractivity contribution >= 4 is 24.3 Å². The topological polar surface area (TPSA) is 87.5 Å². The van der Waals surface area contributed by atoms with Crippen molar-refractivity contribution in [2.45, 2.75) is 45.1 Å². The molecule has 0 aromatic rings. The first-order chi connectivity index (χ1) is 10.1. The minimum atomic E-state index is -0.659. The number of primary amides is 1. The number of hydrogen-bond acceptors (Lipinski definition) is 3. The third kappa shape index (κ3) is 5.65. The van der Waals surface area contributed by atoms with E-state index >= 15 is 0 Å². The molecule has 1 saturated heterocycles. The molecule has 1 saturated carbocycles. The zero-order valence-corrected chi connectivity index (χ0v) is 14.2. The molecule has 2 atom stereocenters. The second-order valence-electron chi connectivity index (χ2n) is 6.46. The van der Waals surface area contributed by atoms with E-state index in [0.717, 1.165) is 31.8 Å². The van der Waals surface area contributed by atoms with Gasteiger partial charge < -0.3 is 21.3 Å². The average Bonchev–Trinajstić information content (AvgIpc) is 2.74. The van der Waals surface area contributed by atoms with Gasteiger partial charge in [-0.3, -0.25) is 4.79 Å². The summed E-state index contributed by atoms with van der Waals surface area (Å²) < 4.78 is 0. The van der Waals surface area contributed by atoms with E-state index in [1.165, 1.54) is 25.8 Å². The van der Waals surface area contributed by atoms with Gasteiger partial charge in [0.05, 0.1) is 6.54 Å². The first kappa shape index (κ1) is 19.0. The number of amides is 3. The Hall–Kier alpha value is -1.01. The highest BCUT2D eigenvalue weighted by Gasteiger charge is 2.34. The van der Waals surface area contributed by atoms with E-state index in [1.54, 1.807) is 0 Å². The summed E-state index contributed by atoms with van der Waals surface area (Å²) in [4.78, 5) is 25.0. The Morgan fingerprint density at radius 2 is 2.00 bits per heavy atom. The molecule has 0 bridgehead atoms. The third-order valence-corrected chi connectivity index (χ3v) is 4.69. The van der Waals surface area contributed by atoms with Gasteiger partial charge in [0.25, 0.3) is 0 Å². The lowest BCUT2D eigenvalue weighted by atomic mass is 9.85. The fourth-order valence-electron chi connectivity index (χ4n) is 3.40. The highest BCUT2D eigenvalue weighted by atomic mass is 35.5. The van der Waals surface area contributed by atoms with Crippen LogP contribution in [0.3, 0.4) is 0 Å². The minimum absolute atomic E-state index is 0. The smallest absolute Gasteiger partial charge is 0.312 e. The molecule has 2 rings (SSSR count). The van der Waals surface area contributed by atoms with Crippen molar-refractivity contribution in [1.82, 2.24) is 15.5 Å². The second-order valence-corrected chi connectivity index (χ2v) is 6.46. The Bertz CT molecular complexity index is 377. The molecule has 1 heterocycles. The Kier molecular flexibility index (Phi) is 7.96. The van der Waals surface area contributed by atoms with E-state index in [4.69, 9.17) is 5.73 Å². The largest absolute Gasteiger partial charge is 0.352 e. The van der Waals surface area contributed by atoms with Crippen molar-refractivity contribution in [2.75, 3.05) is 26.2 Å². The summed E-state index contributed by atoms with van der Waals surface area (Å²) in [6, 6.07) is -0.458. The SMILES string of the molecule is CCC[C@H]1CN(CC2CCC2)C[C@@H]1NC(=O)CNC(N)=O.Cl. The number of halogens is 1. The highest BCUT2D eigenvalue weighted by Crippen LogP contribution is 2.30. The Morgan fingerprint density at radius 1 is 1.27 bits per heavy atom. The highest BCUT2D eigenvalue weighted by molar-refractivity contribution is 5.85. The molecule has 22 heavy (non-hydrogen) atoms. The zero-order valence-electron chi connectivity index (χ0n) is 13.3. The van der Waals surface area contributed by atoms with Gasteiger partial charge in [0, 0.05) is 25.7 Å². The second kappa shape index (κ2) is 9.20. The summed E-state index contributed by atoms with van der Waals surface area (Å²) in [5.41, 5.74) is 4.98. The standard InChI is InChI=1S/C15H28N4O2.ClH/c1-2-4-12-9-19(8-11-5-3-6-11)10-13(12)18-14(20)7-17-15(16)21;/h11-13H,2-10H2,1H3,(H,18,20)(H3,16,17,21);1H/t12-,13-;/m0./s1. The number of likely N-dealkylation sites (tertiary alicyclic amines) is 1. The molecular formula is C15H29ClN4O2. The van der Waals surface area contributed by atoms with Crippen LogP contribution in [-0.2, 0) is 4.79 Å². The molecule has 7 heteroatoms. The molecule has 0 radical (unpaired) electrons. The lowest BCUT2D eigenvalue weighted by molar-refractivity contribution is -0.120. The van der Waals surface area contributed by atoms with Gasteiger partial charge >= 0.3 is 6.03 Å². The number of rotatable bonds is 7. The van der Waals surface area contributed by atoms with Crippen molar-refractivity contribution in [2.24, 2.45) is 17.6 Å². The fraction of sp³-hybridized carbons (Fsp3) is 0.867. The van der Waals surface area contributed by atoms with Crippen molar-refractivity contribution < 1.29 is 9.59 Å². The molecule has 128 valence electrons. The van der Waals surface area contributed by atoms with E-state index in [1.807, 2.05) is 0 Å². The molecule has 0 aromatic carbocycles. The van der Waals surface area contributed by atoms with Crippen LogP contribution in [0.2, 0.25) is 0 Å². The summed E-state index contributed by atoms with van der Waals surface area (Å²) in [6.45, 7) is 5.34. The maximum absolute atomic E-state index is 11.8. The normalized spacial score (nSPS) is 25.1. The lowest BCUT2D eigenvalue weighted by Gasteiger charge is -2.30. The molecule has 2 aliphatic rings. The summed E-state index contributed by atoms with van der Waals surface area (Å²) in [7, 11) is 0. The van der Waals surface area contributed by atoms with E-state index in [9.17, 15) is 9.59 Å². The van der Waals surface area contributed by atoms with Crippen LogP contribution in [0.5, 0.6) is 0 Å². The van der Waals surface area contributed by atoms with Crippen molar-refractivity contribution in [3.63, 3.8) is 0 Å². The predicted octanol–water partition coefficient (Wildman–Crippen LogP) is 1.09. The Labute approximate surface area is 139 Å². The van der Waals surface area contributed by atoms with E-state index in [2.05, 4.69) is 22.5 Å². The molecule has 1 aliphatic heterocycles. The van der Waals surface area contributed by atoms with Crippen LogP contribution in [0.1, 0.15) is 39.0 Å². The number of nitrogens with zero attached hydrogens (tertiary/aromatic N) is 1. The van der Waals surface area contributed by atoms with Crippen LogP contribution in [0, 0.1) is 11.8 Å². The van der Waals surface area contributed by atoms with Gasteiger partial charge in [-0.25, -0.2) is 4.79 Å². The maximum atomic E-state index is 11.8. The quantitative estimate of drug-likeness (QED) is 0.652. The van der Waals surface area contributed by atoms with E-state index in [0.29, 0.717) is 5.92 Å². The van der Waals surface area contributed by atoms with Crippen LogP contribution < -0.4 is 16.4 Å². The first-order valence-electron chi connectivity index (χ1n) is 8.13. The summed E-state index contributed by atoms with van der Waals surface area (Å²) >= 11 is 0. The van der Waals surface area contributed by atoms with Gasteiger partial charge in [0.2, 0.25) is 5.91 Å². The Morgan fingerprint density at radius 3 is 2.55 bits per heavy atom. The summed E-state index contributed by atoms with van der Waals surface area (Å²) in [5, 5.41) is 5.40. The molecule has 3 amide bonds. The van der Waals surface area contributed by atoms with Crippen molar-refractivity contribution in [3.05, 3.63) is 0 Å². The maximum Gasteiger partial charge on any atom is 0.312 e. The Balaban J connectivity index is 0.00000242. The first-order valence-corrected chi connectivity index (χ1v) is 8.13. The number of nitrogens with one attached hydrogen (secondary N) is 2. The summed E-state index contributed by atoms with van der Waals surface area (Å²) in [6.07, 6.45) is 6.35. The molecular weight excluding hydrogens is 304 g/mol. The molecule has 4 N–H and O–H groups in total. The van der Waals surface area contributed by atoms with Crippen LogP contribution >= 0.6 is 12.4 Å². The van der Waals surface area contributed by atoms with E-state index in [-0.39, 0.29) is 30.9 Å². The zero-order chi connectivity index (χ0) is 15.2. The van der Waals surface area contributed by atoms with Gasteiger partial charge in [-0.15, -0.1) is 12.4 Å². The number of carbonyl (C=O) groups is 2. The average molecular weight is 333 g/mol. The summed E-state index contributed by atoms with van der Waals surface area (Å²) in [5.74, 6) is 1.23. The third-order valence-electron chi connectivity index (χ3n) is 4.69. The lowest BCUT2D eigenvalue weighted by Crippen LogP contribution is -2.46. The molecule has 6 nitrogen and oxygen atoms in total. The van der Waals surface area contributed by atoms with E-state index < -0.39 is 6.03 Å². The van der Waals surface area contributed by atoms with Crippen LogP contribution in [0.25, 0.3) is 0 Å². The van der Waals surface area contributed by atoms with Gasteiger partial charge in [0.15, 0.2) is 0 Å². The predicted molar refractivity (Wildman–Crippen MR) is 88.9 cm³/mol.